The van der Waals surface area contributed by atoms with Gasteiger partial charge < -0.3 is 14.8 Å². The van der Waals surface area contributed by atoms with Gasteiger partial charge in [-0.3, -0.25) is 0 Å². The summed E-state index contributed by atoms with van der Waals surface area (Å²) < 4.78 is 0. The van der Waals surface area contributed by atoms with Gasteiger partial charge in [0, 0.05) is 18.4 Å². The fourth-order valence-corrected chi connectivity index (χ4v) is 9.26. The van der Waals surface area contributed by atoms with Gasteiger partial charge in [-0.15, -0.1) is 0 Å². The number of carboxylic acid groups (broad SMARTS) is 1. The van der Waals surface area contributed by atoms with Gasteiger partial charge in [0.1, 0.15) is 0 Å². The van der Waals surface area contributed by atoms with Crippen LogP contribution in [0.15, 0.2) is 0 Å². The molecule has 0 aliphatic rings. The molecule has 0 aliphatic heterocycles. The van der Waals surface area contributed by atoms with Gasteiger partial charge in [-0.25, -0.2) is 0 Å². The Morgan fingerprint density at radius 3 is 0.690 bits per heavy atom. The van der Waals surface area contributed by atoms with Crippen molar-refractivity contribution in [2.24, 2.45) is 0 Å². The number of hydrogen-bond acceptors (Lipinski definition) is 3. The van der Waals surface area contributed by atoms with Gasteiger partial charge in [-0.2, -0.15) is 0 Å². The molecule has 58 heavy (non-hydrogen) atoms. The predicted octanol–water partition coefficient (Wildman–Crippen LogP) is 14.8. The minimum Gasteiger partial charge on any atom is -0.550 e. The van der Waals surface area contributed by atoms with Crippen molar-refractivity contribution in [1.29, 1.82) is 0 Å². The van der Waals surface area contributed by atoms with E-state index < -0.39 is 5.97 Å². The Hall–Kier alpha value is 1.07. The molecule has 0 radical (unpaired) electrons. The molecule has 0 heterocycles. The Kier molecular flexibility index (Phi) is 57.1. The summed E-state index contributed by atoms with van der Waals surface area (Å²) in [5.41, 5.74) is 0. The van der Waals surface area contributed by atoms with E-state index in [0.29, 0.717) is 0 Å². The van der Waals surface area contributed by atoms with E-state index >= 15 is 0 Å². The van der Waals surface area contributed by atoms with Crippen molar-refractivity contribution in [2.45, 2.75) is 329 Å². The van der Waals surface area contributed by atoms with Gasteiger partial charge in [0.2, 0.25) is 0 Å². The summed E-state index contributed by atoms with van der Waals surface area (Å²) in [6, 6.07) is 0.157. The fraction of sp³-hybridized carbons (Fsp3) is 0.981. The summed E-state index contributed by atoms with van der Waals surface area (Å²) in [6.45, 7) is 8.93. The molecule has 0 fully saturated rings. The topological polar surface area (TPSA) is 43.4 Å². The first-order valence-electron chi connectivity index (χ1n) is 27.1. The van der Waals surface area contributed by atoms with Crippen molar-refractivity contribution in [3.8, 4) is 0 Å². The number of carbonyl (C=O) groups excluding carboxylic acids is 1. The normalized spacial score (nSPS) is 12.1. The van der Waals surface area contributed by atoms with E-state index in [0.717, 1.165) is 25.9 Å². The molecule has 0 aromatic carbocycles. The first-order chi connectivity index (χ1) is 28.2. The van der Waals surface area contributed by atoms with Gasteiger partial charge in [-0.1, -0.05) is 297 Å². The Morgan fingerprint density at radius 2 is 0.517 bits per heavy atom. The Morgan fingerprint density at radius 1 is 0.328 bits per heavy atom. The molecule has 1 atom stereocenters. The minimum absolute atomic E-state index is 0. The summed E-state index contributed by atoms with van der Waals surface area (Å²) >= 11 is 0. The largest absolute Gasteiger partial charge is 1.00 e. The Balaban J connectivity index is 0. The molecule has 0 saturated heterocycles. The second-order valence-corrected chi connectivity index (χ2v) is 18.9. The summed E-state index contributed by atoms with van der Waals surface area (Å²) in [6.07, 6.45) is 64.6. The monoisotopic (exact) mass is 842 g/mol. The smallest absolute Gasteiger partial charge is 0.550 e. The average Bonchev–Trinajstić information content (AvgIpc) is 3.20. The van der Waals surface area contributed by atoms with Crippen LogP contribution >= 0.6 is 0 Å². The van der Waals surface area contributed by atoms with E-state index in [1.807, 2.05) is 0 Å². The van der Waals surface area contributed by atoms with Crippen molar-refractivity contribution >= 4 is 5.97 Å². The molecule has 342 valence electrons. The van der Waals surface area contributed by atoms with Crippen molar-refractivity contribution in [3.63, 3.8) is 0 Å². The van der Waals surface area contributed by atoms with Crippen LogP contribution in [0.2, 0.25) is 0 Å². The van der Waals surface area contributed by atoms with Gasteiger partial charge in [0.15, 0.2) is 0 Å². The van der Waals surface area contributed by atoms with Crippen LogP contribution in [0.5, 0.6) is 0 Å². The molecule has 0 aromatic rings. The molecule has 0 rings (SSSR count). The van der Waals surface area contributed by atoms with Crippen LogP contribution in [0.25, 0.3) is 0 Å². The summed E-state index contributed by atoms with van der Waals surface area (Å²) in [5, 5.41) is 11.6. The van der Waals surface area contributed by atoms with Crippen LogP contribution < -0.4 is 56.5 Å². The average molecular weight is 843 g/mol. The second kappa shape index (κ2) is 54.2. The number of hydrogen-bond donors (Lipinski definition) is 0. The van der Waals surface area contributed by atoms with Crippen molar-refractivity contribution in [1.82, 2.24) is 4.90 Å². The zero-order chi connectivity index (χ0) is 41.4. The maximum Gasteiger partial charge on any atom is 1.00 e. The van der Waals surface area contributed by atoms with E-state index in [-0.39, 0.29) is 63.8 Å². The van der Waals surface area contributed by atoms with Crippen LogP contribution in [0.4, 0.5) is 0 Å². The molecular formula is C54H108KNO2. The Labute approximate surface area is 410 Å². The number of carbonyl (C=O) groups is 1. The zero-order valence-electron chi connectivity index (χ0n) is 41.0. The molecule has 0 amide bonds. The van der Waals surface area contributed by atoms with Crippen LogP contribution in [0.3, 0.4) is 0 Å². The molecule has 4 heteroatoms. The first-order valence-corrected chi connectivity index (χ1v) is 27.1. The van der Waals surface area contributed by atoms with E-state index in [4.69, 9.17) is 0 Å². The number of carboxylic acids is 1. The standard InChI is InChI=1S/C54H109NO2.K/c1-4-7-9-11-13-15-17-19-21-23-25-27-29-31-33-35-37-39-41-43-45-47-50-55(53(49-6-3)52-54(56)57)51-48-46-44-42-40-38-36-34-32-30-28-26-24-22-20-18-16-14-12-10-8-5-2;/h53H,4-52H2,1-3H3,(H,56,57);/q;+1/p-1. The quantitative estimate of drug-likeness (QED) is 0.0453. The van der Waals surface area contributed by atoms with E-state index in [9.17, 15) is 9.90 Å². The van der Waals surface area contributed by atoms with Gasteiger partial charge in [0.25, 0.3) is 0 Å². The number of nitrogens with zero attached hydrogens (tertiary/aromatic N) is 1. The summed E-state index contributed by atoms with van der Waals surface area (Å²) in [7, 11) is 0. The van der Waals surface area contributed by atoms with Crippen LogP contribution in [-0.2, 0) is 4.79 Å². The summed E-state index contributed by atoms with van der Waals surface area (Å²) in [4.78, 5) is 14.1. The van der Waals surface area contributed by atoms with Gasteiger partial charge >= 0.3 is 51.4 Å². The van der Waals surface area contributed by atoms with Crippen molar-refractivity contribution in [2.75, 3.05) is 13.1 Å². The maximum absolute atomic E-state index is 11.6. The van der Waals surface area contributed by atoms with E-state index in [1.54, 1.807) is 0 Å². The van der Waals surface area contributed by atoms with E-state index in [2.05, 4.69) is 25.7 Å². The van der Waals surface area contributed by atoms with Gasteiger partial charge in [0.05, 0.1) is 0 Å². The van der Waals surface area contributed by atoms with Crippen molar-refractivity contribution in [3.05, 3.63) is 0 Å². The van der Waals surface area contributed by atoms with Gasteiger partial charge in [-0.05, 0) is 32.4 Å². The van der Waals surface area contributed by atoms with Crippen LogP contribution in [0, 0.1) is 0 Å². The molecule has 0 spiro atoms. The molecule has 0 aliphatic carbocycles. The SMILES string of the molecule is CCCCCCCCCCCCCCCCCCCCCCCCN(CCCCCCCCCCCCCCCCCCCCCCCC)C(CCC)CC(=O)[O-].[K+]. The molecule has 0 saturated carbocycles. The molecular weight excluding hydrogens is 734 g/mol. The second-order valence-electron chi connectivity index (χ2n) is 18.9. The maximum atomic E-state index is 11.6. The molecule has 0 N–H and O–H groups in total. The number of rotatable bonds is 51. The number of unbranched alkanes of at least 4 members (excludes halogenated alkanes) is 42. The van der Waals surface area contributed by atoms with Crippen LogP contribution in [0.1, 0.15) is 323 Å². The Bertz CT molecular complexity index is 699. The minimum atomic E-state index is -0.874. The van der Waals surface area contributed by atoms with E-state index in [1.165, 1.54) is 283 Å². The molecule has 0 aromatic heterocycles. The van der Waals surface area contributed by atoms with Crippen molar-refractivity contribution < 1.29 is 61.3 Å². The molecule has 3 nitrogen and oxygen atoms in total. The molecule has 0 bridgehead atoms. The van der Waals surface area contributed by atoms with Crippen LogP contribution in [-0.4, -0.2) is 30.0 Å². The third kappa shape index (κ3) is 49.7. The fourth-order valence-electron chi connectivity index (χ4n) is 9.26. The zero-order valence-corrected chi connectivity index (χ0v) is 44.1. The summed E-state index contributed by atoms with van der Waals surface area (Å²) in [5.74, 6) is -0.874. The first kappa shape index (κ1) is 61.2. The third-order valence-corrected chi connectivity index (χ3v) is 13.1. The molecule has 1 unspecified atom stereocenters. The predicted molar refractivity (Wildman–Crippen MR) is 254 cm³/mol. The third-order valence-electron chi connectivity index (χ3n) is 13.1. The number of aliphatic carboxylic acids is 1.